The summed E-state index contributed by atoms with van der Waals surface area (Å²) in [5, 5.41) is 6.67. The van der Waals surface area contributed by atoms with Gasteiger partial charge in [-0.15, -0.1) is 0 Å². The molecule has 0 spiro atoms. The van der Waals surface area contributed by atoms with Crippen molar-refractivity contribution in [3.05, 3.63) is 70.2 Å². The van der Waals surface area contributed by atoms with Gasteiger partial charge in [-0.2, -0.15) is 0 Å². The summed E-state index contributed by atoms with van der Waals surface area (Å²) in [6, 6.07) is 12.4. The van der Waals surface area contributed by atoms with E-state index in [0.29, 0.717) is 23.8 Å². The van der Waals surface area contributed by atoms with Crippen LogP contribution in [0, 0.1) is 5.92 Å². The summed E-state index contributed by atoms with van der Waals surface area (Å²) in [6.07, 6.45) is 8.52. The monoisotopic (exact) mass is 622 g/mol. The Kier molecular flexibility index (Phi) is 12.2. The third-order valence-corrected chi connectivity index (χ3v) is 9.53. The summed E-state index contributed by atoms with van der Waals surface area (Å²) in [4.78, 5) is 58.7. The Bertz CT molecular complexity index is 1290. The number of rotatable bonds is 7. The van der Waals surface area contributed by atoms with Gasteiger partial charge in [-0.05, 0) is 47.6 Å². The summed E-state index contributed by atoms with van der Waals surface area (Å²) in [6.45, 7) is 2.29. The van der Waals surface area contributed by atoms with Crippen molar-refractivity contribution < 1.29 is 19.2 Å². The maximum absolute atomic E-state index is 14.3. The molecule has 3 atom stereocenters. The van der Waals surface area contributed by atoms with Crippen molar-refractivity contribution in [2.24, 2.45) is 5.92 Å². The molecule has 238 valence electrons. The van der Waals surface area contributed by atoms with Crippen LogP contribution in [0.15, 0.2) is 48.5 Å². The molecule has 1 saturated carbocycles. The number of amides is 4. The quantitative estimate of drug-likeness (QED) is 0.451. The number of halogens is 1. The minimum atomic E-state index is -0.926. The first-order valence-corrected chi connectivity index (χ1v) is 16.5. The normalized spacial score (nSPS) is 23.0. The van der Waals surface area contributed by atoms with E-state index in [-0.39, 0.29) is 43.0 Å². The van der Waals surface area contributed by atoms with Crippen molar-refractivity contribution in [3.63, 3.8) is 0 Å². The molecule has 9 heteroatoms. The topological polar surface area (TPSA) is 98.8 Å². The highest BCUT2D eigenvalue weighted by molar-refractivity contribution is 6.30. The van der Waals surface area contributed by atoms with E-state index in [4.69, 9.17) is 11.6 Å². The molecule has 0 bridgehead atoms. The van der Waals surface area contributed by atoms with Gasteiger partial charge in [-0.3, -0.25) is 19.2 Å². The number of likely N-dealkylation sites (N-methyl/N-ethyl adjacent to an activating group) is 2. The lowest BCUT2D eigenvalue weighted by atomic mass is 9.84. The molecule has 2 aliphatic rings. The maximum Gasteiger partial charge on any atom is 0.245 e. The van der Waals surface area contributed by atoms with E-state index in [1.54, 1.807) is 26.2 Å². The number of fused-ring (bicyclic) bond motifs is 1. The molecule has 2 aromatic carbocycles. The van der Waals surface area contributed by atoms with Crippen LogP contribution in [-0.2, 0) is 38.6 Å². The predicted octanol–water partition coefficient (Wildman–Crippen LogP) is 5.05. The Balaban J connectivity index is 1.73. The number of hydrogen-bond donors (Lipinski definition) is 2. The van der Waals surface area contributed by atoms with Crippen LogP contribution in [0.1, 0.15) is 81.4 Å². The molecular formula is C35H47ClN4O4. The van der Waals surface area contributed by atoms with Crippen LogP contribution >= 0.6 is 11.6 Å². The molecule has 2 aromatic rings. The van der Waals surface area contributed by atoms with Crippen LogP contribution < -0.4 is 10.6 Å². The number of carbonyl (C=O) groups excluding carboxylic acids is 4. The minimum Gasteiger partial charge on any atom is -0.350 e. The van der Waals surface area contributed by atoms with Gasteiger partial charge in [0.15, 0.2) is 0 Å². The Labute approximate surface area is 266 Å². The first-order chi connectivity index (χ1) is 21.2. The van der Waals surface area contributed by atoms with Gasteiger partial charge in [0.2, 0.25) is 23.6 Å². The highest BCUT2D eigenvalue weighted by Crippen LogP contribution is 2.29. The molecule has 0 aromatic heterocycles. The molecule has 1 fully saturated rings. The third kappa shape index (κ3) is 8.84. The van der Waals surface area contributed by atoms with Crippen LogP contribution in [0.4, 0.5) is 0 Å². The molecule has 44 heavy (non-hydrogen) atoms. The molecule has 2 N–H and O–H groups in total. The largest absolute Gasteiger partial charge is 0.350 e. The molecule has 1 aliphatic heterocycles. The van der Waals surface area contributed by atoms with E-state index in [0.717, 1.165) is 55.2 Å². The summed E-state index contributed by atoms with van der Waals surface area (Å²) >= 11 is 6.12. The van der Waals surface area contributed by atoms with Crippen molar-refractivity contribution in [3.8, 4) is 0 Å². The zero-order valence-electron chi connectivity index (χ0n) is 26.3. The Morgan fingerprint density at radius 1 is 0.841 bits per heavy atom. The Hall–Kier alpha value is -3.39. The first kappa shape index (κ1) is 33.5. The van der Waals surface area contributed by atoms with Gasteiger partial charge in [0.05, 0.1) is 6.42 Å². The second-order valence-corrected chi connectivity index (χ2v) is 12.9. The van der Waals surface area contributed by atoms with Gasteiger partial charge in [0.25, 0.3) is 0 Å². The van der Waals surface area contributed by atoms with E-state index in [1.165, 1.54) is 16.2 Å². The van der Waals surface area contributed by atoms with Gasteiger partial charge in [0, 0.05) is 32.1 Å². The van der Waals surface area contributed by atoms with Crippen LogP contribution in [0.3, 0.4) is 0 Å². The van der Waals surface area contributed by atoms with Crippen molar-refractivity contribution in [2.45, 2.75) is 102 Å². The Morgan fingerprint density at radius 2 is 1.52 bits per heavy atom. The van der Waals surface area contributed by atoms with Crippen LogP contribution in [-0.4, -0.2) is 65.6 Å². The lowest BCUT2D eigenvalue weighted by Crippen LogP contribution is -2.58. The standard InChI is InChI=1S/C35H47ClN4O4/c1-4-5-15-30-34(43)38-29(20-25-16-18-28(36)19-17-25)35(44)40(3)31(21-24-11-7-6-8-12-24)33(42)37-23-27-14-10-9-13-26(27)22-32(41)39(30)2/h9-10,13-14,16-19,24,29-31H,4-8,11-12,15,20-23H2,1-3H3,(H,37,42)(H,38,43)/t29-,30-,31-/m0/s1. The highest BCUT2D eigenvalue weighted by Gasteiger charge is 2.36. The van der Waals surface area contributed by atoms with Gasteiger partial charge in [-0.1, -0.05) is 99.9 Å². The summed E-state index contributed by atoms with van der Waals surface area (Å²) < 4.78 is 0. The van der Waals surface area contributed by atoms with Crippen molar-refractivity contribution >= 4 is 35.2 Å². The van der Waals surface area contributed by atoms with Gasteiger partial charge < -0.3 is 20.4 Å². The zero-order chi connectivity index (χ0) is 31.6. The second-order valence-electron chi connectivity index (χ2n) is 12.4. The van der Waals surface area contributed by atoms with E-state index in [1.807, 2.05) is 43.3 Å². The second kappa shape index (κ2) is 16.1. The van der Waals surface area contributed by atoms with Crippen LogP contribution in [0.5, 0.6) is 0 Å². The van der Waals surface area contributed by atoms with Gasteiger partial charge >= 0.3 is 0 Å². The van der Waals surface area contributed by atoms with Crippen molar-refractivity contribution in [2.75, 3.05) is 14.1 Å². The Morgan fingerprint density at radius 3 is 2.20 bits per heavy atom. The number of benzene rings is 2. The molecule has 1 heterocycles. The van der Waals surface area contributed by atoms with Crippen molar-refractivity contribution in [1.29, 1.82) is 0 Å². The lowest BCUT2D eigenvalue weighted by molar-refractivity contribution is -0.144. The summed E-state index contributed by atoms with van der Waals surface area (Å²) in [5.41, 5.74) is 2.48. The SMILES string of the molecule is CCCC[C@H]1C(=O)N[C@@H](Cc2ccc(Cl)cc2)C(=O)N(C)[C@@H](CC2CCCCC2)C(=O)NCc2ccccc2CC(=O)N1C. The third-order valence-electron chi connectivity index (χ3n) is 9.27. The van der Waals surface area contributed by atoms with Gasteiger partial charge in [-0.25, -0.2) is 0 Å². The van der Waals surface area contributed by atoms with E-state index >= 15 is 0 Å². The zero-order valence-corrected chi connectivity index (χ0v) is 27.1. The van der Waals surface area contributed by atoms with Crippen LogP contribution in [0.25, 0.3) is 0 Å². The molecule has 0 radical (unpaired) electrons. The lowest BCUT2D eigenvalue weighted by Gasteiger charge is -2.35. The number of hydrogen-bond acceptors (Lipinski definition) is 4. The van der Waals surface area contributed by atoms with E-state index in [9.17, 15) is 19.2 Å². The smallest absolute Gasteiger partial charge is 0.245 e. The van der Waals surface area contributed by atoms with E-state index in [2.05, 4.69) is 10.6 Å². The van der Waals surface area contributed by atoms with E-state index < -0.39 is 18.1 Å². The predicted molar refractivity (Wildman–Crippen MR) is 173 cm³/mol. The molecule has 4 rings (SSSR count). The molecular weight excluding hydrogens is 576 g/mol. The average molecular weight is 623 g/mol. The molecule has 1 aliphatic carbocycles. The molecule has 8 nitrogen and oxygen atoms in total. The summed E-state index contributed by atoms with van der Waals surface area (Å²) in [7, 11) is 3.33. The maximum atomic E-state index is 14.3. The van der Waals surface area contributed by atoms with Crippen molar-refractivity contribution in [1.82, 2.24) is 20.4 Å². The fourth-order valence-corrected chi connectivity index (χ4v) is 6.59. The summed E-state index contributed by atoms with van der Waals surface area (Å²) in [5.74, 6) is -0.771. The number of carbonyl (C=O) groups is 4. The fourth-order valence-electron chi connectivity index (χ4n) is 6.47. The number of unbranched alkanes of at least 4 members (excludes halogenated alkanes) is 1. The number of nitrogens with one attached hydrogen (secondary N) is 2. The van der Waals surface area contributed by atoms with Gasteiger partial charge in [0.1, 0.15) is 18.1 Å². The first-order valence-electron chi connectivity index (χ1n) is 16.1. The molecule has 0 unspecified atom stereocenters. The molecule has 4 amide bonds. The number of nitrogens with zero attached hydrogens (tertiary/aromatic N) is 2. The fraction of sp³-hybridized carbons (Fsp3) is 0.543. The average Bonchev–Trinajstić information content (AvgIpc) is 3.03. The highest BCUT2D eigenvalue weighted by atomic mass is 35.5. The minimum absolute atomic E-state index is 0.108. The van der Waals surface area contributed by atoms with Crippen LogP contribution in [0.2, 0.25) is 5.02 Å². The molecule has 0 saturated heterocycles.